The van der Waals surface area contributed by atoms with Gasteiger partial charge in [-0.15, -0.1) is 0 Å². The lowest BCUT2D eigenvalue weighted by atomic mass is 10.1. The number of para-hydroxylation sites is 1. The van der Waals surface area contributed by atoms with E-state index >= 15 is 0 Å². The summed E-state index contributed by atoms with van der Waals surface area (Å²) >= 11 is 0. The minimum atomic E-state index is -3.27. The topological polar surface area (TPSA) is 66.5 Å². The highest BCUT2D eigenvalue weighted by atomic mass is 32.2. The van der Waals surface area contributed by atoms with Crippen molar-refractivity contribution in [3.05, 3.63) is 59.2 Å². The van der Waals surface area contributed by atoms with E-state index in [9.17, 15) is 13.2 Å². The van der Waals surface area contributed by atoms with Crippen molar-refractivity contribution in [2.45, 2.75) is 20.3 Å². The number of nitrogens with zero attached hydrogens (tertiary/aromatic N) is 1. The molecular formula is C18H20N2O3S. The van der Waals surface area contributed by atoms with E-state index in [1.54, 1.807) is 25.1 Å². The Bertz CT molecular complexity index is 891. The van der Waals surface area contributed by atoms with Crippen molar-refractivity contribution in [3.63, 3.8) is 0 Å². The van der Waals surface area contributed by atoms with Crippen LogP contribution in [0.15, 0.2) is 42.5 Å². The van der Waals surface area contributed by atoms with Crippen molar-refractivity contribution < 1.29 is 13.2 Å². The van der Waals surface area contributed by atoms with Gasteiger partial charge in [-0.2, -0.15) is 0 Å². The predicted molar refractivity (Wildman–Crippen MR) is 96.1 cm³/mol. The van der Waals surface area contributed by atoms with Gasteiger partial charge < -0.3 is 5.32 Å². The number of amides is 1. The van der Waals surface area contributed by atoms with Gasteiger partial charge in [-0.25, -0.2) is 8.42 Å². The molecule has 0 bridgehead atoms. The first-order valence-corrected chi connectivity index (χ1v) is 9.53. The van der Waals surface area contributed by atoms with Crippen molar-refractivity contribution in [1.82, 2.24) is 0 Å². The molecule has 0 unspecified atom stereocenters. The normalized spacial score (nSPS) is 13.7. The van der Waals surface area contributed by atoms with Gasteiger partial charge in [-0.3, -0.25) is 9.10 Å². The molecule has 126 valence electrons. The van der Waals surface area contributed by atoms with E-state index in [1.165, 1.54) is 4.31 Å². The summed E-state index contributed by atoms with van der Waals surface area (Å²) in [6, 6.07) is 12.8. The van der Waals surface area contributed by atoms with Crippen LogP contribution in [0.2, 0.25) is 0 Å². The Hall–Kier alpha value is -2.34. The molecule has 24 heavy (non-hydrogen) atoms. The highest BCUT2D eigenvalue weighted by molar-refractivity contribution is 7.92. The minimum absolute atomic E-state index is 0.0714. The second-order valence-corrected chi connectivity index (χ2v) is 8.02. The monoisotopic (exact) mass is 344 g/mol. The van der Waals surface area contributed by atoms with Gasteiger partial charge >= 0.3 is 0 Å². The smallest absolute Gasteiger partial charge is 0.255 e. The van der Waals surface area contributed by atoms with Gasteiger partial charge in [0.05, 0.1) is 11.4 Å². The zero-order chi connectivity index (χ0) is 17.3. The van der Waals surface area contributed by atoms with E-state index in [4.69, 9.17) is 0 Å². The summed E-state index contributed by atoms with van der Waals surface area (Å²) in [5, 5.41) is 2.90. The number of aryl methyl sites for hydroxylation is 1. The Morgan fingerprint density at radius 2 is 1.96 bits per heavy atom. The molecular weight excluding hydrogens is 324 g/mol. The maximum atomic E-state index is 12.5. The fourth-order valence-electron chi connectivity index (χ4n) is 2.87. The first-order valence-electron chi connectivity index (χ1n) is 7.92. The number of sulfonamides is 1. The van der Waals surface area contributed by atoms with Crippen molar-refractivity contribution in [1.29, 1.82) is 0 Å². The van der Waals surface area contributed by atoms with E-state index in [-0.39, 0.29) is 11.7 Å². The average molecular weight is 344 g/mol. The second kappa shape index (κ2) is 6.28. The molecule has 0 radical (unpaired) electrons. The fourth-order valence-corrected chi connectivity index (χ4v) is 4.02. The van der Waals surface area contributed by atoms with Gasteiger partial charge in [-0.05, 0) is 55.7 Å². The number of benzene rings is 2. The minimum Gasteiger partial charge on any atom is -0.322 e. The van der Waals surface area contributed by atoms with E-state index in [1.807, 2.05) is 31.2 Å². The number of hydrogen-bond acceptors (Lipinski definition) is 3. The standard InChI is InChI=1S/C18H20N2O3S/c1-3-24(22,23)20-11-10-14-12-15(8-9-17(14)20)18(21)19-16-7-5-4-6-13(16)2/h4-9,12H,3,10-11H2,1-2H3,(H,19,21). The predicted octanol–water partition coefficient (Wildman–Crippen LogP) is 2.96. The molecule has 6 heteroatoms. The lowest BCUT2D eigenvalue weighted by molar-refractivity contribution is 0.102. The Morgan fingerprint density at radius 3 is 2.67 bits per heavy atom. The van der Waals surface area contributed by atoms with Gasteiger partial charge in [0.25, 0.3) is 5.91 Å². The van der Waals surface area contributed by atoms with Crippen LogP contribution < -0.4 is 9.62 Å². The Morgan fingerprint density at radius 1 is 1.21 bits per heavy atom. The van der Waals surface area contributed by atoms with Crippen LogP contribution in [0.1, 0.15) is 28.4 Å². The van der Waals surface area contributed by atoms with Gasteiger partial charge in [0.1, 0.15) is 0 Å². The van der Waals surface area contributed by atoms with Crippen LogP contribution >= 0.6 is 0 Å². The third-order valence-corrected chi connectivity index (χ3v) is 6.07. The maximum absolute atomic E-state index is 12.5. The zero-order valence-electron chi connectivity index (χ0n) is 13.7. The quantitative estimate of drug-likeness (QED) is 0.927. The fraction of sp³-hybridized carbons (Fsp3) is 0.278. The molecule has 5 nitrogen and oxygen atoms in total. The van der Waals surface area contributed by atoms with Gasteiger partial charge in [0, 0.05) is 17.8 Å². The van der Waals surface area contributed by atoms with Gasteiger partial charge in [0.15, 0.2) is 0 Å². The molecule has 3 rings (SSSR count). The summed E-state index contributed by atoms with van der Waals surface area (Å²) in [6.45, 7) is 4.01. The molecule has 1 amide bonds. The summed E-state index contributed by atoms with van der Waals surface area (Å²) in [6.07, 6.45) is 0.625. The summed E-state index contributed by atoms with van der Waals surface area (Å²) in [5.41, 5.74) is 3.88. The molecule has 0 saturated heterocycles. The number of nitrogens with one attached hydrogen (secondary N) is 1. The third kappa shape index (κ3) is 3.01. The summed E-state index contributed by atoms with van der Waals surface area (Å²) < 4.78 is 25.7. The average Bonchev–Trinajstić information content (AvgIpc) is 3.00. The Balaban J connectivity index is 1.85. The first kappa shape index (κ1) is 16.5. The SMILES string of the molecule is CCS(=O)(=O)N1CCc2cc(C(=O)Nc3ccccc3C)ccc21. The van der Waals surface area contributed by atoms with Crippen LogP contribution in [0, 0.1) is 6.92 Å². The summed E-state index contributed by atoms with van der Waals surface area (Å²) in [4.78, 5) is 12.5. The maximum Gasteiger partial charge on any atom is 0.255 e. The molecule has 2 aromatic rings. The number of anilines is 2. The lowest BCUT2D eigenvalue weighted by Crippen LogP contribution is -2.30. The number of carbonyl (C=O) groups excluding carboxylic acids is 1. The van der Waals surface area contributed by atoms with Crippen LogP contribution in [0.4, 0.5) is 11.4 Å². The summed E-state index contributed by atoms with van der Waals surface area (Å²) in [5.74, 6) is -0.119. The molecule has 1 aliphatic rings. The van der Waals surface area contributed by atoms with Crippen LogP contribution in [-0.2, 0) is 16.4 Å². The number of fused-ring (bicyclic) bond motifs is 1. The van der Waals surface area contributed by atoms with Gasteiger partial charge in [-0.1, -0.05) is 18.2 Å². The molecule has 1 heterocycles. The van der Waals surface area contributed by atoms with Crippen LogP contribution in [0.3, 0.4) is 0 Å². The molecule has 0 aromatic heterocycles. The Labute approximate surface area is 142 Å². The van der Waals surface area contributed by atoms with Crippen LogP contribution in [0.25, 0.3) is 0 Å². The van der Waals surface area contributed by atoms with Crippen LogP contribution in [-0.4, -0.2) is 26.6 Å². The van der Waals surface area contributed by atoms with Crippen molar-refractivity contribution in [2.75, 3.05) is 21.9 Å². The zero-order valence-corrected chi connectivity index (χ0v) is 14.6. The molecule has 0 fully saturated rings. The third-order valence-electron chi connectivity index (χ3n) is 4.29. The molecule has 1 N–H and O–H groups in total. The lowest BCUT2D eigenvalue weighted by Gasteiger charge is -2.18. The van der Waals surface area contributed by atoms with Crippen molar-refractivity contribution >= 4 is 27.3 Å². The summed E-state index contributed by atoms with van der Waals surface area (Å²) in [7, 11) is -3.27. The molecule has 0 spiro atoms. The highest BCUT2D eigenvalue weighted by Crippen LogP contribution is 2.31. The van der Waals surface area contributed by atoms with Crippen molar-refractivity contribution in [3.8, 4) is 0 Å². The molecule has 0 atom stereocenters. The Kier molecular flexibility index (Phi) is 4.32. The van der Waals surface area contributed by atoms with E-state index in [2.05, 4.69) is 5.32 Å². The van der Waals surface area contributed by atoms with Crippen LogP contribution in [0.5, 0.6) is 0 Å². The highest BCUT2D eigenvalue weighted by Gasteiger charge is 2.28. The van der Waals surface area contributed by atoms with Crippen molar-refractivity contribution in [2.24, 2.45) is 0 Å². The number of carbonyl (C=O) groups is 1. The first-order chi connectivity index (χ1) is 11.4. The molecule has 2 aromatic carbocycles. The largest absolute Gasteiger partial charge is 0.322 e. The molecule has 0 saturated carbocycles. The van der Waals surface area contributed by atoms with E-state index < -0.39 is 10.0 Å². The van der Waals surface area contributed by atoms with E-state index in [0.29, 0.717) is 24.2 Å². The second-order valence-electron chi connectivity index (χ2n) is 5.84. The molecule has 1 aliphatic heterocycles. The molecule has 0 aliphatic carbocycles. The number of rotatable bonds is 4. The van der Waals surface area contributed by atoms with Gasteiger partial charge in [0.2, 0.25) is 10.0 Å². The number of hydrogen-bond donors (Lipinski definition) is 1. The van der Waals surface area contributed by atoms with E-state index in [0.717, 1.165) is 16.8 Å².